The first-order valence-corrected chi connectivity index (χ1v) is 7.64. The SMILES string of the molecule is CCC(N)Cc1ccn(CC2CC3CCC2C3)c1. The molecule has 0 amide bonds. The highest BCUT2D eigenvalue weighted by Gasteiger charge is 2.39. The summed E-state index contributed by atoms with van der Waals surface area (Å²) in [7, 11) is 0. The normalized spacial score (nSPS) is 32.0. The maximum absolute atomic E-state index is 6.02. The van der Waals surface area contributed by atoms with Gasteiger partial charge in [0, 0.05) is 25.0 Å². The molecular formula is C16H26N2. The van der Waals surface area contributed by atoms with Gasteiger partial charge in [0.05, 0.1) is 0 Å². The zero-order chi connectivity index (χ0) is 12.5. The number of aromatic nitrogens is 1. The predicted octanol–water partition coefficient (Wildman–Crippen LogP) is 3.20. The van der Waals surface area contributed by atoms with E-state index in [1.807, 2.05) is 0 Å². The Balaban J connectivity index is 1.57. The van der Waals surface area contributed by atoms with E-state index in [1.54, 1.807) is 0 Å². The number of nitrogens with zero attached hydrogens (tertiary/aromatic N) is 1. The van der Waals surface area contributed by atoms with E-state index in [0.29, 0.717) is 6.04 Å². The number of nitrogens with two attached hydrogens (primary N) is 1. The lowest BCUT2D eigenvalue weighted by Gasteiger charge is -2.22. The fraction of sp³-hybridized carbons (Fsp3) is 0.750. The Bertz CT molecular complexity index is 396. The lowest BCUT2D eigenvalue weighted by molar-refractivity contribution is 0.296. The smallest absolute Gasteiger partial charge is 0.0250 e. The molecule has 100 valence electrons. The summed E-state index contributed by atoms with van der Waals surface area (Å²) < 4.78 is 2.41. The summed E-state index contributed by atoms with van der Waals surface area (Å²) in [5.74, 6) is 3.03. The molecule has 4 atom stereocenters. The van der Waals surface area contributed by atoms with Crippen molar-refractivity contribution in [3.05, 3.63) is 24.0 Å². The molecule has 3 rings (SSSR count). The van der Waals surface area contributed by atoms with Gasteiger partial charge in [0.1, 0.15) is 0 Å². The summed E-state index contributed by atoms with van der Waals surface area (Å²) in [4.78, 5) is 0. The fourth-order valence-electron chi connectivity index (χ4n) is 4.04. The van der Waals surface area contributed by atoms with Crippen molar-refractivity contribution >= 4 is 0 Å². The molecule has 1 heterocycles. The third-order valence-corrected chi connectivity index (χ3v) is 5.16. The van der Waals surface area contributed by atoms with Crippen LogP contribution in [-0.2, 0) is 13.0 Å². The molecule has 2 nitrogen and oxygen atoms in total. The van der Waals surface area contributed by atoms with Crippen LogP contribution in [0.15, 0.2) is 18.5 Å². The Morgan fingerprint density at radius 1 is 1.39 bits per heavy atom. The Kier molecular flexibility index (Phi) is 3.47. The zero-order valence-corrected chi connectivity index (χ0v) is 11.5. The average Bonchev–Trinajstić information content (AvgIpc) is 3.06. The minimum Gasteiger partial charge on any atom is -0.354 e. The second-order valence-corrected chi connectivity index (χ2v) is 6.52. The summed E-state index contributed by atoms with van der Waals surface area (Å²) in [5.41, 5.74) is 7.43. The molecule has 1 aromatic heterocycles. The molecular weight excluding hydrogens is 220 g/mol. The van der Waals surface area contributed by atoms with Gasteiger partial charge in [0.25, 0.3) is 0 Å². The molecule has 18 heavy (non-hydrogen) atoms. The van der Waals surface area contributed by atoms with Gasteiger partial charge in [-0.05, 0) is 61.5 Å². The molecule has 1 aromatic rings. The molecule has 2 bridgehead atoms. The molecule has 2 heteroatoms. The van der Waals surface area contributed by atoms with Crippen molar-refractivity contribution in [2.75, 3.05) is 0 Å². The van der Waals surface area contributed by atoms with Crippen LogP contribution in [0.1, 0.15) is 44.6 Å². The van der Waals surface area contributed by atoms with Gasteiger partial charge in [-0.2, -0.15) is 0 Å². The first-order chi connectivity index (χ1) is 8.74. The molecule has 2 N–H and O–H groups in total. The molecule has 0 saturated heterocycles. The minimum atomic E-state index is 0.323. The summed E-state index contributed by atoms with van der Waals surface area (Å²) in [6.45, 7) is 3.40. The van der Waals surface area contributed by atoms with Gasteiger partial charge in [0.2, 0.25) is 0 Å². The van der Waals surface area contributed by atoms with E-state index in [9.17, 15) is 0 Å². The van der Waals surface area contributed by atoms with Crippen molar-refractivity contribution in [2.24, 2.45) is 23.5 Å². The van der Waals surface area contributed by atoms with Gasteiger partial charge < -0.3 is 10.3 Å². The number of rotatable bonds is 5. The third-order valence-electron chi connectivity index (χ3n) is 5.16. The monoisotopic (exact) mass is 246 g/mol. The highest BCUT2D eigenvalue weighted by atomic mass is 14.9. The maximum Gasteiger partial charge on any atom is 0.0250 e. The van der Waals surface area contributed by atoms with Gasteiger partial charge >= 0.3 is 0 Å². The molecule has 2 fully saturated rings. The van der Waals surface area contributed by atoms with Crippen LogP contribution in [0.25, 0.3) is 0 Å². The Morgan fingerprint density at radius 3 is 2.94 bits per heavy atom. The van der Waals surface area contributed by atoms with E-state index in [2.05, 4.69) is 30.0 Å². The lowest BCUT2D eigenvalue weighted by Crippen LogP contribution is -2.21. The van der Waals surface area contributed by atoms with Crippen LogP contribution >= 0.6 is 0 Å². The van der Waals surface area contributed by atoms with Crippen LogP contribution < -0.4 is 5.73 Å². The quantitative estimate of drug-likeness (QED) is 0.850. The Hall–Kier alpha value is -0.760. The molecule has 0 aromatic carbocycles. The third kappa shape index (κ3) is 2.49. The van der Waals surface area contributed by atoms with Crippen LogP contribution in [0.3, 0.4) is 0 Å². The van der Waals surface area contributed by atoms with Crippen LogP contribution in [0, 0.1) is 17.8 Å². The van der Waals surface area contributed by atoms with Crippen LogP contribution in [0.2, 0.25) is 0 Å². The van der Waals surface area contributed by atoms with Crippen molar-refractivity contribution < 1.29 is 0 Å². The van der Waals surface area contributed by atoms with E-state index < -0.39 is 0 Å². The molecule has 0 radical (unpaired) electrons. The van der Waals surface area contributed by atoms with Crippen molar-refractivity contribution in [2.45, 2.75) is 58.0 Å². The zero-order valence-electron chi connectivity index (χ0n) is 11.5. The number of hydrogen-bond donors (Lipinski definition) is 1. The van der Waals surface area contributed by atoms with Crippen molar-refractivity contribution in [1.82, 2.24) is 4.57 Å². The standard InChI is InChI=1S/C16H26N2/c1-2-16(17)9-13-5-6-18(10-13)11-15-8-12-3-4-14(15)7-12/h5-6,10,12,14-16H,2-4,7-9,11,17H2,1H3. The maximum atomic E-state index is 6.02. The molecule has 0 spiro atoms. The van der Waals surface area contributed by atoms with E-state index in [4.69, 9.17) is 5.73 Å². The number of fused-ring (bicyclic) bond motifs is 2. The minimum absolute atomic E-state index is 0.323. The van der Waals surface area contributed by atoms with Crippen molar-refractivity contribution in [1.29, 1.82) is 0 Å². The largest absolute Gasteiger partial charge is 0.354 e. The fourth-order valence-corrected chi connectivity index (χ4v) is 4.04. The van der Waals surface area contributed by atoms with Gasteiger partial charge in [-0.1, -0.05) is 13.3 Å². The van der Waals surface area contributed by atoms with E-state index in [0.717, 1.165) is 30.6 Å². The molecule has 2 aliphatic carbocycles. The lowest BCUT2D eigenvalue weighted by atomic mass is 9.89. The van der Waals surface area contributed by atoms with Crippen molar-refractivity contribution in [3.8, 4) is 0 Å². The predicted molar refractivity (Wildman–Crippen MR) is 75.3 cm³/mol. The first-order valence-electron chi connectivity index (χ1n) is 7.64. The Morgan fingerprint density at radius 2 is 2.28 bits per heavy atom. The second kappa shape index (κ2) is 5.08. The molecule has 0 aliphatic heterocycles. The van der Waals surface area contributed by atoms with Crippen LogP contribution in [0.5, 0.6) is 0 Å². The first kappa shape index (κ1) is 12.3. The van der Waals surface area contributed by atoms with Gasteiger partial charge in [-0.15, -0.1) is 0 Å². The van der Waals surface area contributed by atoms with E-state index >= 15 is 0 Å². The second-order valence-electron chi connectivity index (χ2n) is 6.52. The molecule has 4 unspecified atom stereocenters. The summed E-state index contributed by atoms with van der Waals surface area (Å²) in [5, 5.41) is 0. The summed E-state index contributed by atoms with van der Waals surface area (Å²) >= 11 is 0. The van der Waals surface area contributed by atoms with Crippen LogP contribution in [0.4, 0.5) is 0 Å². The highest BCUT2D eigenvalue weighted by molar-refractivity contribution is 5.12. The summed E-state index contributed by atoms with van der Waals surface area (Å²) in [6.07, 6.45) is 12.7. The van der Waals surface area contributed by atoms with Gasteiger partial charge in [-0.3, -0.25) is 0 Å². The van der Waals surface area contributed by atoms with Crippen LogP contribution in [-0.4, -0.2) is 10.6 Å². The van der Waals surface area contributed by atoms with Gasteiger partial charge in [-0.25, -0.2) is 0 Å². The molecule has 2 saturated carbocycles. The highest BCUT2D eigenvalue weighted by Crippen LogP contribution is 2.48. The van der Waals surface area contributed by atoms with E-state index in [1.165, 1.54) is 37.8 Å². The van der Waals surface area contributed by atoms with Crippen molar-refractivity contribution in [3.63, 3.8) is 0 Å². The number of hydrogen-bond acceptors (Lipinski definition) is 1. The van der Waals surface area contributed by atoms with Gasteiger partial charge in [0.15, 0.2) is 0 Å². The van der Waals surface area contributed by atoms with E-state index in [-0.39, 0.29) is 0 Å². The Labute approximate surface area is 111 Å². The summed E-state index contributed by atoms with van der Waals surface area (Å²) in [6, 6.07) is 2.58. The topological polar surface area (TPSA) is 30.9 Å². The average molecular weight is 246 g/mol. The molecule has 2 aliphatic rings.